The van der Waals surface area contributed by atoms with E-state index in [1.807, 2.05) is 18.2 Å². The minimum absolute atomic E-state index is 0.0207. The average molecular weight is 285 g/mol. The molecule has 1 heterocycles. The molecule has 1 aromatic heterocycles. The lowest BCUT2D eigenvalue weighted by Crippen LogP contribution is -2.12. The van der Waals surface area contributed by atoms with Crippen molar-refractivity contribution in [2.24, 2.45) is 0 Å². The Kier molecular flexibility index (Phi) is 4.78. The molecule has 0 amide bonds. The van der Waals surface area contributed by atoms with Crippen molar-refractivity contribution in [3.8, 4) is 11.6 Å². The summed E-state index contributed by atoms with van der Waals surface area (Å²) >= 11 is 0. The lowest BCUT2D eigenvalue weighted by Gasteiger charge is -2.22. The van der Waals surface area contributed by atoms with Gasteiger partial charge < -0.3 is 10.1 Å². The summed E-state index contributed by atoms with van der Waals surface area (Å²) < 4.78 is 5.97. The van der Waals surface area contributed by atoms with Gasteiger partial charge in [-0.3, -0.25) is 0 Å². The minimum atomic E-state index is 0.0207. The molecule has 0 aliphatic rings. The SMILES string of the molecule is CCCNc1nccc(Oc2ccccc2C(C)(C)C)n1. The number of anilines is 1. The van der Waals surface area contributed by atoms with Crippen LogP contribution >= 0.6 is 0 Å². The fourth-order valence-corrected chi connectivity index (χ4v) is 2.01. The van der Waals surface area contributed by atoms with Gasteiger partial charge in [-0.2, -0.15) is 4.98 Å². The van der Waals surface area contributed by atoms with Gasteiger partial charge >= 0.3 is 0 Å². The Labute approximate surface area is 126 Å². The molecular weight excluding hydrogens is 262 g/mol. The van der Waals surface area contributed by atoms with Gasteiger partial charge in [-0.05, 0) is 17.9 Å². The maximum atomic E-state index is 5.97. The predicted molar refractivity (Wildman–Crippen MR) is 86.0 cm³/mol. The van der Waals surface area contributed by atoms with Gasteiger partial charge in [-0.15, -0.1) is 0 Å². The lowest BCUT2D eigenvalue weighted by atomic mass is 9.86. The molecule has 0 saturated carbocycles. The van der Waals surface area contributed by atoms with Crippen LogP contribution in [0.4, 0.5) is 5.95 Å². The van der Waals surface area contributed by atoms with Crippen LogP contribution in [0.1, 0.15) is 39.7 Å². The number of hydrogen-bond acceptors (Lipinski definition) is 4. The third-order valence-corrected chi connectivity index (χ3v) is 3.07. The molecule has 0 spiro atoms. The molecule has 4 nitrogen and oxygen atoms in total. The van der Waals surface area contributed by atoms with Crippen LogP contribution in [0.3, 0.4) is 0 Å². The van der Waals surface area contributed by atoms with E-state index >= 15 is 0 Å². The summed E-state index contributed by atoms with van der Waals surface area (Å²) in [5.74, 6) is 1.99. The quantitative estimate of drug-likeness (QED) is 0.885. The molecule has 2 aromatic rings. The van der Waals surface area contributed by atoms with Crippen LogP contribution in [-0.2, 0) is 5.41 Å². The van der Waals surface area contributed by atoms with Crippen molar-refractivity contribution in [3.05, 3.63) is 42.1 Å². The first-order valence-electron chi connectivity index (χ1n) is 7.35. The predicted octanol–water partition coefficient (Wildman–Crippen LogP) is 4.39. The Bertz CT molecular complexity index is 591. The topological polar surface area (TPSA) is 47.0 Å². The maximum absolute atomic E-state index is 5.97. The first-order chi connectivity index (χ1) is 10.0. The second kappa shape index (κ2) is 6.57. The lowest BCUT2D eigenvalue weighted by molar-refractivity contribution is 0.439. The van der Waals surface area contributed by atoms with Crippen LogP contribution in [0.25, 0.3) is 0 Å². The molecular formula is C17H23N3O. The molecule has 0 unspecified atom stereocenters. The first kappa shape index (κ1) is 15.3. The highest BCUT2D eigenvalue weighted by atomic mass is 16.5. The van der Waals surface area contributed by atoms with E-state index in [-0.39, 0.29) is 5.41 Å². The summed E-state index contributed by atoms with van der Waals surface area (Å²) in [6.07, 6.45) is 2.74. The molecule has 2 rings (SSSR count). The number of ether oxygens (including phenoxy) is 1. The maximum Gasteiger partial charge on any atom is 0.225 e. The number of rotatable bonds is 5. The molecule has 0 bridgehead atoms. The highest BCUT2D eigenvalue weighted by Gasteiger charge is 2.19. The molecule has 4 heteroatoms. The third-order valence-electron chi connectivity index (χ3n) is 3.07. The van der Waals surface area contributed by atoms with Crippen molar-refractivity contribution in [1.82, 2.24) is 9.97 Å². The van der Waals surface area contributed by atoms with E-state index in [4.69, 9.17) is 4.74 Å². The fourth-order valence-electron chi connectivity index (χ4n) is 2.01. The summed E-state index contributed by atoms with van der Waals surface area (Å²) in [6, 6.07) is 9.84. The van der Waals surface area contributed by atoms with E-state index in [9.17, 15) is 0 Å². The van der Waals surface area contributed by atoms with Gasteiger partial charge in [0.05, 0.1) is 0 Å². The van der Waals surface area contributed by atoms with E-state index in [0.717, 1.165) is 24.3 Å². The van der Waals surface area contributed by atoms with E-state index in [1.165, 1.54) is 0 Å². The number of aromatic nitrogens is 2. The highest BCUT2D eigenvalue weighted by Crippen LogP contribution is 2.33. The van der Waals surface area contributed by atoms with Gasteiger partial charge in [0.25, 0.3) is 0 Å². The zero-order valence-corrected chi connectivity index (χ0v) is 13.2. The molecule has 21 heavy (non-hydrogen) atoms. The van der Waals surface area contributed by atoms with Crippen molar-refractivity contribution >= 4 is 5.95 Å². The van der Waals surface area contributed by atoms with E-state index < -0.39 is 0 Å². The number of nitrogens with zero attached hydrogens (tertiary/aromatic N) is 2. The van der Waals surface area contributed by atoms with Gasteiger partial charge in [0, 0.05) is 24.4 Å². The minimum Gasteiger partial charge on any atom is -0.439 e. The van der Waals surface area contributed by atoms with Crippen LogP contribution in [0.2, 0.25) is 0 Å². The fraction of sp³-hybridized carbons (Fsp3) is 0.412. The van der Waals surface area contributed by atoms with Crippen LogP contribution in [0.5, 0.6) is 11.6 Å². The van der Waals surface area contributed by atoms with Crippen LogP contribution in [-0.4, -0.2) is 16.5 Å². The van der Waals surface area contributed by atoms with Gasteiger partial charge in [-0.25, -0.2) is 4.98 Å². The molecule has 0 atom stereocenters. The number of benzene rings is 1. The van der Waals surface area contributed by atoms with E-state index in [0.29, 0.717) is 11.8 Å². The van der Waals surface area contributed by atoms with Crippen LogP contribution in [0, 0.1) is 0 Å². The molecule has 1 N–H and O–H groups in total. The van der Waals surface area contributed by atoms with Gasteiger partial charge in [0.2, 0.25) is 11.8 Å². The Morgan fingerprint density at radius 1 is 1.14 bits per heavy atom. The van der Waals surface area contributed by atoms with Crippen molar-refractivity contribution in [2.45, 2.75) is 39.5 Å². The van der Waals surface area contributed by atoms with Gasteiger partial charge in [-0.1, -0.05) is 45.9 Å². The van der Waals surface area contributed by atoms with Gasteiger partial charge in [0.1, 0.15) is 5.75 Å². The van der Waals surface area contributed by atoms with E-state index in [1.54, 1.807) is 12.3 Å². The molecule has 0 aliphatic heterocycles. The average Bonchev–Trinajstić information content (AvgIpc) is 2.45. The largest absolute Gasteiger partial charge is 0.439 e. The Balaban J connectivity index is 2.23. The van der Waals surface area contributed by atoms with Crippen LogP contribution in [0.15, 0.2) is 36.5 Å². The third kappa shape index (κ3) is 4.18. The number of para-hydroxylation sites is 1. The van der Waals surface area contributed by atoms with Crippen molar-refractivity contribution in [2.75, 3.05) is 11.9 Å². The van der Waals surface area contributed by atoms with Crippen molar-refractivity contribution in [3.63, 3.8) is 0 Å². The summed E-state index contributed by atoms with van der Waals surface area (Å²) in [5.41, 5.74) is 1.18. The molecule has 0 fully saturated rings. The second-order valence-electron chi connectivity index (χ2n) is 5.99. The monoisotopic (exact) mass is 285 g/mol. The summed E-state index contributed by atoms with van der Waals surface area (Å²) in [7, 11) is 0. The second-order valence-corrected chi connectivity index (χ2v) is 5.99. The normalized spacial score (nSPS) is 11.2. The highest BCUT2D eigenvalue weighted by molar-refractivity contribution is 5.41. The summed E-state index contributed by atoms with van der Waals surface area (Å²) in [5, 5.41) is 3.16. The molecule has 0 aliphatic carbocycles. The molecule has 0 radical (unpaired) electrons. The zero-order valence-electron chi connectivity index (χ0n) is 13.2. The van der Waals surface area contributed by atoms with Crippen molar-refractivity contribution < 1.29 is 4.74 Å². The molecule has 0 saturated heterocycles. The standard InChI is InChI=1S/C17H23N3O/c1-5-11-18-16-19-12-10-15(20-16)21-14-9-7-6-8-13(14)17(2,3)4/h6-10,12H,5,11H2,1-4H3,(H,18,19,20). The number of hydrogen-bond donors (Lipinski definition) is 1. The molecule has 1 aromatic carbocycles. The Morgan fingerprint density at radius 3 is 2.62 bits per heavy atom. The summed E-state index contributed by atoms with van der Waals surface area (Å²) in [4.78, 5) is 8.57. The van der Waals surface area contributed by atoms with Crippen LogP contribution < -0.4 is 10.1 Å². The Hall–Kier alpha value is -2.10. The zero-order chi connectivity index (χ0) is 15.3. The Morgan fingerprint density at radius 2 is 1.90 bits per heavy atom. The number of nitrogens with one attached hydrogen (secondary N) is 1. The first-order valence-corrected chi connectivity index (χ1v) is 7.35. The van der Waals surface area contributed by atoms with Crippen molar-refractivity contribution in [1.29, 1.82) is 0 Å². The molecule has 112 valence electrons. The van der Waals surface area contributed by atoms with E-state index in [2.05, 4.69) is 49.0 Å². The van der Waals surface area contributed by atoms with Gasteiger partial charge in [0.15, 0.2) is 0 Å². The smallest absolute Gasteiger partial charge is 0.225 e. The summed E-state index contributed by atoms with van der Waals surface area (Å²) in [6.45, 7) is 9.46.